The molecule has 2 heterocycles. The summed E-state index contributed by atoms with van der Waals surface area (Å²) in [6.07, 6.45) is 1.58. The van der Waals surface area contributed by atoms with Crippen molar-refractivity contribution in [1.29, 1.82) is 0 Å². The zero-order valence-corrected chi connectivity index (χ0v) is 16.8. The maximum absolute atomic E-state index is 12.4. The van der Waals surface area contributed by atoms with Gasteiger partial charge in [-0.05, 0) is 46.8 Å². The summed E-state index contributed by atoms with van der Waals surface area (Å²) in [5.74, 6) is 1.01. The number of H-pyrrole nitrogens is 1. The standard InChI is InChI=1S/C19H19N7O3S.Na.H/c1-26(13-6-3-2-4-7-13)17-11-16(21-12-14-8-5-9-29-14)15(19-22-24-25-23-19)10-18(17)30(20,27)28;;/h2-11,21H,12H2,1H3,(H2,20,27,28)(H,22,23,24,25);;. The molecular formula is C19H20N7NaO3S. The number of hydrogen-bond donors (Lipinski definition) is 3. The molecule has 0 saturated heterocycles. The van der Waals surface area contributed by atoms with Crippen molar-refractivity contribution in [3.8, 4) is 11.4 Å². The van der Waals surface area contributed by atoms with Crippen LogP contribution in [0.1, 0.15) is 5.76 Å². The van der Waals surface area contributed by atoms with Gasteiger partial charge in [0.2, 0.25) is 10.0 Å². The Kier molecular flexibility index (Phi) is 7.13. The van der Waals surface area contributed by atoms with Crippen LogP contribution in [0.25, 0.3) is 11.4 Å². The normalized spacial score (nSPS) is 11.0. The molecule has 0 aliphatic heterocycles. The molecule has 31 heavy (non-hydrogen) atoms. The van der Waals surface area contributed by atoms with E-state index >= 15 is 0 Å². The fraction of sp³-hybridized carbons (Fsp3) is 0.105. The van der Waals surface area contributed by atoms with Crippen molar-refractivity contribution in [1.82, 2.24) is 20.6 Å². The zero-order chi connectivity index (χ0) is 21.1. The molecule has 0 bridgehead atoms. The van der Waals surface area contributed by atoms with Crippen LogP contribution in [0.3, 0.4) is 0 Å². The number of primary sulfonamides is 1. The van der Waals surface area contributed by atoms with E-state index in [1.54, 1.807) is 30.3 Å². The van der Waals surface area contributed by atoms with Gasteiger partial charge in [0.05, 0.1) is 18.5 Å². The number of aromatic amines is 1. The van der Waals surface area contributed by atoms with Crippen molar-refractivity contribution >= 4 is 56.6 Å². The molecule has 12 heteroatoms. The van der Waals surface area contributed by atoms with Crippen LogP contribution in [0, 0.1) is 0 Å². The van der Waals surface area contributed by atoms with E-state index in [1.807, 2.05) is 36.4 Å². The molecule has 0 fully saturated rings. The summed E-state index contributed by atoms with van der Waals surface area (Å²) in [7, 11) is -2.28. The Balaban J connectivity index is 0.00000272. The minimum absolute atomic E-state index is 0. The third-order valence-corrected chi connectivity index (χ3v) is 5.48. The molecule has 0 saturated carbocycles. The van der Waals surface area contributed by atoms with Gasteiger partial charge in [-0.15, -0.1) is 5.10 Å². The number of tetrazole rings is 1. The van der Waals surface area contributed by atoms with Crippen molar-refractivity contribution < 1.29 is 12.8 Å². The van der Waals surface area contributed by atoms with Gasteiger partial charge in [-0.2, -0.15) is 0 Å². The van der Waals surface area contributed by atoms with Gasteiger partial charge in [-0.1, -0.05) is 18.2 Å². The van der Waals surface area contributed by atoms with E-state index in [4.69, 9.17) is 9.56 Å². The molecule has 0 aliphatic carbocycles. The SMILES string of the molecule is CN(c1ccccc1)c1cc(NCc2ccco2)c(-c2nnn[nH]2)cc1S(N)(=O)=O.[NaH]. The first kappa shape index (κ1) is 23.0. The number of nitrogens with one attached hydrogen (secondary N) is 2. The van der Waals surface area contributed by atoms with Crippen LogP contribution in [0.4, 0.5) is 17.1 Å². The molecule has 2 aromatic carbocycles. The molecule has 0 unspecified atom stereocenters. The van der Waals surface area contributed by atoms with Gasteiger partial charge in [0.25, 0.3) is 0 Å². The van der Waals surface area contributed by atoms with Crippen molar-refractivity contribution in [3.05, 3.63) is 66.6 Å². The summed E-state index contributed by atoms with van der Waals surface area (Å²) < 4.78 is 30.2. The summed E-state index contributed by atoms with van der Waals surface area (Å²) in [6.45, 7) is 0.380. The average Bonchev–Trinajstić information content (AvgIpc) is 3.45. The predicted molar refractivity (Wildman–Crippen MR) is 119 cm³/mol. The first-order valence-corrected chi connectivity index (χ1v) is 10.5. The number of benzene rings is 2. The van der Waals surface area contributed by atoms with E-state index in [0.717, 1.165) is 5.69 Å². The summed E-state index contributed by atoms with van der Waals surface area (Å²) in [5, 5.41) is 22.6. The van der Waals surface area contributed by atoms with Crippen LogP contribution in [0.5, 0.6) is 0 Å². The van der Waals surface area contributed by atoms with Gasteiger partial charge < -0.3 is 14.6 Å². The quantitative estimate of drug-likeness (QED) is 0.363. The molecule has 4 rings (SSSR count). The number of sulfonamides is 1. The van der Waals surface area contributed by atoms with E-state index in [2.05, 4.69) is 25.9 Å². The number of nitrogens with two attached hydrogens (primary N) is 1. The molecule has 0 atom stereocenters. The van der Waals surface area contributed by atoms with E-state index in [9.17, 15) is 8.42 Å². The number of furan rings is 1. The number of rotatable bonds is 7. The first-order valence-electron chi connectivity index (χ1n) is 8.93. The van der Waals surface area contributed by atoms with Crippen LogP contribution in [-0.2, 0) is 16.6 Å². The molecule has 0 spiro atoms. The molecular weight excluding hydrogens is 429 g/mol. The fourth-order valence-corrected chi connectivity index (χ4v) is 3.83. The monoisotopic (exact) mass is 449 g/mol. The van der Waals surface area contributed by atoms with E-state index in [-0.39, 0.29) is 34.5 Å². The Bertz CT molecular complexity index is 1230. The van der Waals surface area contributed by atoms with Gasteiger partial charge in [-0.3, -0.25) is 0 Å². The molecule has 4 N–H and O–H groups in total. The molecule has 10 nitrogen and oxygen atoms in total. The van der Waals surface area contributed by atoms with E-state index < -0.39 is 10.0 Å². The zero-order valence-electron chi connectivity index (χ0n) is 16.0. The summed E-state index contributed by atoms with van der Waals surface area (Å²) in [6, 6.07) is 16.1. The molecule has 0 aliphatic rings. The summed E-state index contributed by atoms with van der Waals surface area (Å²) in [4.78, 5) is 1.70. The Morgan fingerprint density at radius 3 is 2.55 bits per heavy atom. The Hall–Kier alpha value is -2.70. The van der Waals surface area contributed by atoms with Gasteiger partial charge in [0.15, 0.2) is 5.82 Å². The Morgan fingerprint density at radius 1 is 1.16 bits per heavy atom. The maximum atomic E-state index is 12.4. The summed E-state index contributed by atoms with van der Waals surface area (Å²) >= 11 is 0. The fourth-order valence-electron chi connectivity index (χ4n) is 3.06. The second-order valence-electron chi connectivity index (χ2n) is 6.49. The van der Waals surface area contributed by atoms with E-state index in [1.165, 1.54) is 6.07 Å². The molecule has 156 valence electrons. The minimum atomic E-state index is -4.05. The number of aromatic nitrogens is 4. The second kappa shape index (κ2) is 9.62. The van der Waals surface area contributed by atoms with Crippen molar-refractivity contribution in [2.24, 2.45) is 5.14 Å². The number of para-hydroxylation sites is 1. The van der Waals surface area contributed by atoms with Gasteiger partial charge in [0.1, 0.15) is 10.7 Å². The van der Waals surface area contributed by atoms with Crippen molar-refractivity contribution in [2.75, 3.05) is 17.3 Å². The molecule has 0 radical (unpaired) electrons. The van der Waals surface area contributed by atoms with Crippen LogP contribution in [0.15, 0.2) is 70.2 Å². The number of nitrogens with zero attached hydrogens (tertiary/aromatic N) is 4. The topological polar surface area (TPSA) is 143 Å². The number of hydrogen-bond acceptors (Lipinski definition) is 8. The van der Waals surface area contributed by atoms with Crippen molar-refractivity contribution in [2.45, 2.75) is 11.4 Å². The summed E-state index contributed by atoms with van der Waals surface area (Å²) in [5.41, 5.74) is 2.27. The Labute approximate surface area is 201 Å². The molecule has 2 aromatic heterocycles. The third kappa shape index (κ3) is 5.14. The van der Waals surface area contributed by atoms with Gasteiger partial charge in [0, 0.05) is 24.0 Å². The number of anilines is 3. The average molecular weight is 449 g/mol. The van der Waals surface area contributed by atoms with E-state index in [0.29, 0.717) is 35.1 Å². The van der Waals surface area contributed by atoms with Crippen LogP contribution < -0.4 is 15.4 Å². The van der Waals surface area contributed by atoms with Crippen LogP contribution >= 0.6 is 0 Å². The van der Waals surface area contributed by atoms with Gasteiger partial charge in [-0.25, -0.2) is 18.7 Å². The van der Waals surface area contributed by atoms with Gasteiger partial charge >= 0.3 is 29.6 Å². The molecule has 0 amide bonds. The predicted octanol–water partition coefficient (Wildman–Crippen LogP) is 1.84. The third-order valence-electron chi connectivity index (χ3n) is 4.54. The van der Waals surface area contributed by atoms with Crippen molar-refractivity contribution in [3.63, 3.8) is 0 Å². The van der Waals surface area contributed by atoms with Crippen LogP contribution in [-0.4, -0.2) is 65.6 Å². The first-order chi connectivity index (χ1) is 14.4. The van der Waals surface area contributed by atoms with Crippen LogP contribution in [0.2, 0.25) is 0 Å². The molecule has 4 aromatic rings. The Morgan fingerprint density at radius 2 is 1.94 bits per heavy atom. The second-order valence-corrected chi connectivity index (χ2v) is 8.02.